The normalized spacial score (nSPS) is 10.2. The monoisotopic (exact) mass is 371 g/mol. The molecule has 2 aromatic carbocycles. The van der Waals surface area contributed by atoms with Crippen molar-refractivity contribution in [2.24, 2.45) is 0 Å². The lowest BCUT2D eigenvalue weighted by Gasteiger charge is -2.09. The van der Waals surface area contributed by atoms with Gasteiger partial charge >= 0.3 is 11.7 Å². The summed E-state index contributed by atoms with van der Waals surface area (Å²) in [5, 5.41) is 20.4. The quantitative estimate of drug-likeness (QED) is 0.630. The fraction of sp³-hybridized carbons (Fsp3) is 0. The lowest BCUT2D eigenvalue weighted by atomic mass is 10.2. The molecule has 0 saturated carbocycles. The maximum absolute atomic E-state index is 11.1. The molecule has 21 heavy (non-hydrogen) atoms. The summed E-state index contributed by atoms with van der Waals surface area (Å²) >= 11 is 8.93. The van der Waals surface area contributed by atoms with Gasteiger partial charge in [0.1, 0.15) is 11.3 Å². The van der Waals surface area contributed by atoms with Crippen molar-refractivity contribution in [3.63, 3.8) is 0 Å². The number of nitrogens with zero attached hydrogens (tertiary/aromatic N) is 1. The second-order valence-electron chi connectivity index (χ2n) is 3.92. The number of nitro benzene ring substituents is 1. The molecule has 0 aromatic heterocycles. The Bertz CT molecular complexity index is 734. The molecular weight excluding hydrogens is 366 g/mol. The standard InChI is InChI=1S/C13H7BrClNO5/c14-7-1-4-11(10(5-7)16(19)20)21-12-6-8(15)2-3-9(12)13(17)18/h1-6H,(H,17,18). The van der Waals surface area contributed by atoms with Crippen LogP contribution in [0.15, 0.2) is 40.9 Å². The van der Waals surface area contributed by atoms with E-state index in [1.807, 2.05) is 0 Å². The maximum Gasteiger partial charge on any atom is 0.339 e. The van der Waals surface area contributed by atoms with Crippen LogP contribution in [-0.4, -0.2) is 16.0 Å². The zero-order valence-corrected chi connectivity index (χ0v) is 12.6. The van der Waals surface area contributed by atoms with Gasteiger partial charge in [-0.2, -0.15) is 0 Å². The Hall–Kier alpha value is -2.12. The van der Waals surface area contributed by atoms with Crippen LogP contribution in [0.4, 0.5) is 5.69 Å². The fourth-order valence-electron chi connectivity index (χ4n) is 1.60. The van der Waals surface area contributed by atoms with E-state index in [4.69, 9.17) is 21.4 Å². The third-order valence-electron chi connectivity index (χ3n) is 2.51. The zero-order valence-electron chi connectivity index (χ0n) is 10.2. The van der Waals surface area contributed by atoms with E-state index in [0.29, 0.717) is 4.47 Å². The van der Waals surface area contributed by atoms with Gasteiger partial charge in [-0.3, -0.25) is 10.1 Å². The summed E-state index contributed by atoms with van der Waals surface area (Å²) in [5.41, 5.74) is -0.433. The summed E-state index contributed by atoms with van der Waals surface area (Å²) in [6.45, 7) is 0. The molecule has 6 nitrogen and oxygen atoms in total. The number of benzene rings is 2. The maximum atomic E-state index is 11.1. The summed E-state index contributed by atoms with van der Waals surface area (Å²) in [4.78, 5) is 21.5. The minimum Gasteiger partial charge on any atom is -0.478 e. The molecule has 2 aromatic rings. The number of carboxylic acid groups (broad SMARTS) is 1. The van der Waals surface area contributed by atoms with Crippen LogP contribution in [0.1, 0.15) is 10.4 Å². The van der Waals surface area contributed by atoms with Gasteiger partial charge in [-0.15, -0.1) is 0 Å². The average Bonchev–Trinajstić information content (AvgIpc) is 2.40. The first-order valence-corrected chi connectivity index (χ1v) is 6.70. The molecular formula is C13H7BrClNO5. The van der Waals surface area contributed by atoms with Crippen LogP contribution < -0.4 is 4.74 Å². The van der Waals surface area contributed by atoms with Crippen molar-refractivity contribution in [1.29, 1.82) is 0 Å². The van der Waals surface area contributed by atoms with Crippen molar-refractivity contribution in [2.75, 3.05) is 0 Å². The molecule has 0 unspecified atom stereocenters. The van der Waals surface area contributed by atoms with Crippen LogP contribution in [0.2, 0.25) is 5.02 Å². The topological polar surface area (TPSA) is 89.7 Å². The molecule has 0 fully saturated rings. The van der Waals surface area contributed by atoms with Gasteiger partial charge in [-0.25, -0.2) is 4.79 Å². The van der Waals surface area contributed by atoms with E-state index in [9.17, 15) is 14.9 Å². The van der Waals surface area contributed by atoms with Crippen LogP contribution >= 0.6 is 27.5 Å². The molecule has 1 N–H and O–H groups in total. The van der Waals surface area contributed by atoms with Crippen LogP contribution in [0.5, 0.6) is 11.5 Å². The second-order valence-corrected chi connectivity index (χ2v) is 5.27. The number of rotatable bonds is 4. The third kappa shape index (κ3) is 3.50. The molecule has 0 aliphatic rings. The summed E-state index contributed by atoms with van der Waals surface area (Å²) in [7, 11) is 0. The summed E-state index contributed by atoms with van der Waals surface area (Å²) in [5.74, 6) is -1.37. The van der Waals surface area contributed by atoms with E-state index < -0.39 is 10.9 Å². The second kappa shape index (κ2) is 6.11. The average molecular weight is 373 g/mol. The zero-order chi connectivity index (χ0) is 15.6. The molecule has 0 bridgehead atoms. The first-order chi connectivity index (χ1) is 9.88. The highest BCUT2D eigenvalue weighted by atomic mass is 79.9. The fourth-order valence-corrected chi connectivity index (χ4v) is 2.11. The Balaban J connectivity index is 2.50. The number of hydrogen-bond donors (Lipinski definition) is 1. The molecule has 0 heterocycles. The molecule has 0 radical (unpaired) electrons. The van der Waals surface area contributed by atoms with Crippen molar-refractivity contribution < 1.29 is 19.6 Å². The first kappa shape index (κ1) is 15.3. The number of carbonyl (C=O) groups is 1. The van der Waals surface area contributed by atoms with E-state index >= 15 is 0 Å². The largest absolute Gasteiger partial charge is 0.478 e. The van der Waals surface area contributed by atoms with Crippen molar-refractivity contribution >= 4 is 39.2 Å². The smallest absolute Gasteiger partial charge is 0.339 e. The molecule has 0 aliphatic carbocycles. The number of hydrogen-bond acceptors (Lipinski definition) is 4. The number of carboxylic acids is 1. The van der Waals surface area contributed by atoms with E-state index in [-0.39, 0.29) is 27.8 Å². The van der Waals surface area contributed by atoms with Crippen molar-refractivity contribution in [3.05, 3.63) is 61.6 Å². The van der Waals surface area contributed by atoms with Crippen molar-refractivity contribution in [3.8, 4) is 11.5 Å². The van der Waals surface area contributed by atoms with Gasteiger partial charge in [0, 0.05) is 21.6 Å². The molecule has 8 heteroatoms. The number of ether oxygens (including phenoxy) is 1. The van der Waals surface area contributed by atoms with Crippen molar-refractivity contribution in [1.82, 2.24) is 0 Å². The van der Waals surface area contributed by atoms with Gasteiger partial charge in [0.25, 0.3) is 0 Å². The Morgan fingerprint density at radius 1 is 1.24 bits per heavy atom. The Morgan fingerprint density at radius 2 is 1.95 bits per heavy atom. The molecule has 0 atom stereocenters. The van der Waals surface area contributed by atoms with E-state index in [1.165, 1.54) is 30.3 Å². The van der Waals surface area contributed by atoms with Gasteiger partial charge in [-0.05, 0) is 24.3 Å². The number of halogens is 2. The highest BCUT2D eigenvalue weighted by molar-refractivity contribution is 9.10. The van der Waals surface area contributed by atoms with E-state index in [0.717, 1.165) is 0 Å². The molecule has 0 saturated heterocycles. The van der Waals surface area contributed by atoms with E-state index in [2.05, 4.69) is 15.9 Å². The summed E-state index contributed by atoms with van der Waals surface area (Å²) in [6, 6.07) is 8.14. The molecule has 2 rings (SSSR count). The lowest BCUT2D eigenvalue weighted by molar-refractivity contribution is -0.385. The van der Waals surface area contributed by atoms with Crippen LogP contribution in [0.3, 0.4) is 0 Å². The summed E-state index contributed by atoms with van der Waals surface area (Å²) < 4.78 is 5.88. The highest BCUT2D eigenvalue weighted by Crippen LogP contribution is 2.35. The van der Waals surface area contributed by atoms with Crippen molar-refractivity contribution in [2.45, 2.75) is 0 Å². The van der Waals surface area contributed by atoms with Gasteiger partial charge in [0.2, 0.25) is 5.75 Å². The Labute approximate surface area is 132 Å². The van der Waals surface area contributed by atoms with Gasteiger partial charge in [0.15, 0.2) is 0 Å². The number of aromatic carboxylic acids is 1. The van der Waals surface area contributed by atoms with Crippen LogP contribution in [-0.2, 0) is 0 Å². The van der Waals surface area contributed by atoms with E-state index in [1.54, 1.807) is 6.07 Å². The SMILES string of the molecule is O=C(O)c1ccc(Cl)cc1Oc1ccc(Br)cc1[N+](=O)[O-]. The molecule has 0 amide bonds. The lowest BCUT2D eigenvalue weighted by Crippen LogP contribution is -2.01. The Kier molecular flexibility index (Phi) is 4.44. The van der Waals surface area contributed by atoms with Gasteiger partial charge in [-0.1, -0.05) is 27.5 Å². The number of nitro groups is 1. The van der Waals surface area contributed by atoms with Crippen LogP contribution in [0, 0.1) is 10.1 Å². The van der Waals surface area contributed by atoms with Gasteiger partial charge in [0.05, 0.1) is 4.92 Å². The molecule has 0 spiro atoms. The first-order valence-electron chi connectivity index (χ1n) is 5.53. The van der Waals surface area contributed by atoms with Gasteiger partial charge < -0.3 is 9.84 Å². The third-order valence-corrected chi connectivity index (χ3v) is 3.24. The summed E-state index contributed by atoms with van der Waals surface area (Å²) in [6.07, 6.45) is 0. The highest BCUT2D eigenvalue weighted by Gasteiger charge is 2.19. The predicted octanol–water partition coefficient (Wildman–Crippen LogP) is 4.50. The van der Waals surface area contributed by atoms with Crippen LogP contribution in [0.25, 0.3) is 0 Å². The molecule has 0 aliphatic heterocycles. The minimum atomic E-state index is -1.22. The molecule has 108 valence electrons. The minimum absolute atomic E-state index is 0.0691. The predicted molar refractivity (Wildman–Crippen MR) is 79.3 cm³/mol. The Morgan fingerprint density at radius 3 is 2.57 bits per heavy atom.